The highest BCUT2D eigenvalue weighted by molar-refractivity contribution is 5.89. The van der Waals surface area contributed by atoms with Gasteiger partial charge in [-0.2, -0.15) is 0 Å². The van der Waals surface area contributed by atoms with Gasteiger partial charge in [0, 0.05) is 38.8 Å². The third kappa shape index (κ3) is 7.44. The van der Waals surface area contributed by atoms with Gasteiger partial charge in [-0.15, -0.1) is 0 Å². The minimum atomic E-state index is -0.288. The number of nitrogens with one attached hydrogen (secondary N) is 2. The first-order chi connectivity index (χ1) is 12.4. The second kappa shape index (κ2) is 11.5. The molecular weight excluding hydrogens is 328 g/mol. The van der Waals surface area contributed by atoms with Crippen molar-refractivity contribution in [1.82, 2.24) is 15.5 Å². The van der Waals surface area contributed by atoms with Gasteiger partial charge in [-0.1, -0.05) is 12.1 Å². The molecule has 0 spiro atoms. The number of rotatable bonds is 9. The Morgan fingerprint density at radius 2 is 1.73 bits per heavy atom. The smallest absolute Gasteiger partial charge is 0.338 e. The van der Waals surface area contributed by atoms with Gasteiger partial charge in [0.1, 0.15) is 0 Å². The van der Waals surface area contributed by atoms with Crippen LogP contribution in [0.2, 0.25) is 0 Å². The number of hydrogen-bond donors (Lipinski definition) is 2. The molecule has 0 saturated heterocycles. The van der Waals surface area contributed by atoms with E-state index in [2.05, 4.69) is 48.2 Å². The molecule has 0 amide bonds. The third-order valence-corrected chi connectivity index (χ3v) is 4.14. The molecule has 0 atom stereocenters. The molecule has 0 bridgehead atoms. The Balaban J connectivity index is 2.45. The van der Waals surface area contributed by atoms with Crippen molar-refractivity contribution in [2.45, 2.75) is 53.2 Å². The summed E-state index contributed by atoms with van der Waals surface area (Å²) in [4.78, 5) is 18.4. The van der Waals surface area contributed by atoms with Crippen LogP contribution in [0.1, 0.15) is 50.5 Å². The predicted molar refractivity (Wildman–Crippen MR) is 108 cm³/mol. The van der Waals surface area contributed by atoms with Crippen molar-refractivity contribution < 1.29 is 9.53 Å². The number of aliphatic imine (C=N–C) groups is 1. The first kappa shape index (κ1) is 22.0. The van der Waals surface area contributed by atoms with Crippen molar-refractivity contribution in [3.8, 4) is 0 Å². The number of carbonyl (C=O) groups is 1. The van der Waals surface area contributed by atoms with Gasteiger partial charge in [-0.3, -0.25) is 9.89 Å². The van der Waals surface area contributed by atoms with Crippen LogP contribution in [0.3, 0.4) is 0 Å². The maximum atomic E-state index is 11.7. The molecule has 0 heterocycles. The number of hydrogen-bond acceptors (Lipinski definition) is 4. The lowest BCUT2D eigenvalue weighted by Crippen LogP contribution is -2.45. The molecule has 1 aromatic rings. The largest absolute Gasteiger partial charge is 0.462 e. The van der Waals surface area contributed by atoms with Gasteiger partial charge in [-0.25, -0.2) is 4.79 Å². The molecule has 0 aliphatic carbocycles. The third-order valence-electron chi connectivity index (χ3n) is 4.14. The summed E-state index contributed by atoms with van der Waals surface area (Å²) in [6.07, 6.45) is 0. The van der Waals surface area contributed by atoms with Crippen molar-refractivity contribution in [1.29, 1.82) is 0 Å². The SMILES string of the molecule is CCOC(=O)c1ccc(CNC(=NC)NCCN(C(C)C)C(C)C)cc1. The summed E-state index contributed by atoms with van der Waals surface area (Å²) in [5.74, 6) is 0.483. The monoisotopic (exact) mass is 362 g/mol. The molecule has 0 fully saturated rings. The number of carbonyl (C=O) groups excluding carboxylic acids is 1. The highest BCUT2D eigenvalue weighted by atomic mass is 16.5. The first-order valence-corrected chi connectivity index (χ1v) is 9.35. The summed E-state index contributed by atoms with van der Waals surface area (Å²) in [5.41, 5.74) is 1.65. The standard InChI is InChI=1S/C20H34N4O2/c1-7-26-19(25)18-10-8-17(9-11-18)14-23-20(21-6)22-12-13-24(15(2)3)16(4)5/h8-11,15-16H,7,12-14H2,1-6H3,(H2,21,22,23). The summed E-state index contributed by atoms with van der Waals surface area (Å²) in [6.45, 7) is 13.5. The van der Waals surface area contributed by atoms with Gasteiger partial charge in [0.2, 0.25) is 0 Å². The Morgan fingerprint density at radius 3 is 2.23 bits per heavy atom. The van der Waals surface area contributed by atoms with E-state index in [0.717, 1.165) is 24.6 Å². The maximum Gasteiger partial charge on any atom is 0.338 e. The van der Waals surface area contributed by atoms with Crippen LogP contribution in [0.15, 0.2) is 29.3 Å². The average Bonchev–Trinajstić information content (AvgIpc) is 2.61. The van der Waals surface area contributed by atoms with Gasteiger partial charge in [-0.05, 0) is 52.3 Å². The topological polar surface area (TPSA) is 66.0 Å². The first-order valence-electron chi connectivity index (χ1n) is 9.35. The van der Waals surface area contributed by atoms with Crippen molar-refractivity contribution >= 4 is 11.9 Å². The summed E-state index contributed by atoms with van der Waals surface area (Å²) >= 11 is 0. The van der Waals surface area contributed by atoms with Crippen molar-refractivity contribution in [2.24, 2.45) is 4.99 Å². The molecule has 0 saturated carbocycles. The molecule has 0 aliphatic rings. The molecule has 26 heavy (non-hydrogen) atoms. The minimum Gasteiger partial charge on any atom is -0.462 e. The van der Waals surface area contributed by atoms with Crippen LogP contribution in [-0.4, -0.2) is 55.7 Å². The summed E-state index contributed by atoms with van der Waals surface area (Å²) < 4.78 is 4.99. The second-order valence-corrected chi connectivity index (χ2v) is 6.70. The van der Waals surface area contributed by atoms with Gasteiger partial charge in [0.15, 0.2) is 5.96 Å². The predicted octanol–water partition coefficient (Wildman–Crippen LogP) is 2.65. The van der Waals surface area contributed by atoms with E-state index in [1.807, 2.05) is 12.1 Å². The van der Waals surface area contributed by atoms with E-state index in [9.17, 15) is 4.79 Å². The van der Waals surface area contributed by atoms with E-state index in [-0.39, 0.29) is 5.97 Å². The quantitative estimate of drug-likeness (QED) is 0.402. The fourth-order valence-electron chi connectivity index (χ4n) is 2.80. The van der Waals surface area contributed by atoms with Crippen LogP contribution < -0.4 is 10.6 Å². The fourth-order valence-corrected chi connectivity index (χ4v) is 2.80. The lowest BCUT2D eigenvalue weighted by atomic mass is 10.1. The zero-order valence-corrected chi connectivity index (χ0v) is 17.0. The normalized spacial score (nSPS) is 12.0. The highest BCUT2D eigenvalue weighted by Gasteiger charge is 2.12. The molecular formula is C20H34N4O2. The number of esters is 1. The number of benzene rings is 1. The Bertz CT molecular complexity index is 560. The summed E-state index contributed by atoms with van der Waals surface area (Å²) in [5, 5.41) is 6.65. The van der Waals surface area contributed by atoms with Crippen LogP contribution in [0.25, 0.3) is 0 Å². The maximum absolute atomic E-state index is 11.7. The highest BCUT2D eigenvalue weighted by Crippen LogP contribution is 2.06. The number of ether oxygens (including phenoxy) is 1. The Morgan fingerprint density at radius 1 is 1.12 bits per heavy atom. The molecule has 0 aromatic heterocycles. The molecule has 0 unspecified atom stereocenters. The van der Waals surface area contributed by atoms with Crippen LogP contribution in [-0.2, 0) is 11.3 Å². The molecule has 2 N–H and O–H groups in total. The Kier molecular flexibility index (Phi) is 9.73. The minimum absolute atomic E-state index is 0.288. The summed E-state index contributed by atoms with van der Waals surface area (Å²) in [7, 11) is 1.77. The molecule has 146 valence electrons. The van der Waals surface area contributed by atoms with E-state index < -0.39 is 0 Å². The van der Waals surface area contributed by atoms with Gasteiger partial charge < -0.3 is 15.4 Å². The van der Waals surface area contributed by atoms with Crippen LogP contribution in [0.5, 0.6) is 0 Å². The molecule has 0 radical (unpaired) electrons. The lowest BCUT2D eigenvalue weighted by molar-refractivity contribution is 0.0526. The number of guanidine groups is 1. The van der Waals surface area contributed by atoms with Gasteiger partial charge in [0.25, 0.3) is 0 Å². The van der Waals surface area contributed by atoms with Gasteiger partial charge >= 0.3 is 5.97 Å². The zero-order valence-electron chi connectivity index (χ0n) is 17.0. The van der Waals surface area contributed by atoms with E-state index in [0.29, 0.717) is 30.8 Å². The molecule has 1 aromatic carbocycles. The fraction of sp³-hybridized carbons (Fsp3) is 0.600. The van der Waals surface area contributed by atoms with E-state index in [4.69, 9.17) is 4.74 Å². The molecule has 0 aliphatic heterocycles. The molecule has 1 rings (SSSR count). The zero-order chi connectivity index (χ0) is 19.5. The van der Waals surface area contributed by atoms with E-state index in [1.165, 1.54) is 0 Å². The summed E-state index contributed by atoms with van der Waals surface area (Å²) in [6, 6.07) is 8.45. The van der Waals surface area contributed by atoms with Gasteiger partial charge in [0.05, 0.1) is 12.2 Å². The Labute approximate surface area is 158 Å². The van der Waals surface area contributed by atoms with E-state index >= 15 is 0 Å². The van der Waals surface area contributed by atoms with Crippen molar-refractivity contribution in [2.75, 3.05) is 26.7 Å². The van der Waals surface area contributed by atoms with E-state index in [1.54, 1.807) is 26.1 Å². The van der Waals surface area contributed by atoms with Crippen molar-refractivity contribution in [3.05, 3.63) is 35.4 Å². The number of nitrogens with zero attached hydrogens (tertiary/aromatic N) is 2. The molecule has 6 heteroatoms. The Hall–Kier alpha value is -2.08. The average molecular weight is 363 g/mol. The van der Waals surface area contributed by atoms with Crippen molar-refractivity contribution in [3.63, 3.8) is 0 Å². The lowest BCUT2D eigenvalue weighted by Gasteiger charge is -2.30. The van der Waals surface area contributed by atoms with Crippen LogP contribution in [0, 0.1) is 0 Å². The molecule has 6 nitrogen and oxygen atoms in total. The van der Waals surface area contributed by atoms with Crippen LogP contribution in [0.4, 0.5) is 0 Å². The van der Waals surface area contributed by atoms with Crippen LogP contribution >= 0.6 is 0 Å². The second-order valence-electron chi connectivity index (χ2n) is 6.70.